The van der Waals surface area contributed by atoms with Crippen LogP contribution in [0.2, 0.25) is 0 Å². The monoisotopic (exact) mass is 267 g/mol. The molecule has 1 amide bonds. The number of nitrogens with zero attached hydrogens (tertiary/aromatic N) is 1. The summed E-state index contributed by atoms with van der Waals surface area (Å²) in [5.74, 6) is 0.165. The highest BCUT2D eigenvalue weighted by atomic mass is 32.1. The molecule has 0 N–H and O–H groups in total. The number of amides is 1. The number of rotatable bonds is 2. The van der Waals surface area contributed by atoms with Crippen LogP contribution >= 0.6 is 11.3 Å². The number of aryl methyl sites for hydroxylation is 1. The maximum atomic E-state index is 12.6. The third-order valence-electron chi connectivity index (χ3n) is 3.39. The molecule has 2 atom stereocenters. The summed E-state index contributed by atoms with van der Waals surface area (Å²) >= 11 is 1.67. The van der Waals surface area contributed by atoms with E-state index in [4.69, 9.17) is 4.74 Å². The van der Waals surface area contributed by atoms with Crippen molar-refractivity contribution in [2.45, 2.75) is 46.3 Å². The van der Waals surface area contributed by atoms with Gasteiger partial charge in [-0.2, -0.15) is 0 Å². The first-order chi connectivity index (χ1) is 8.52. The first kappa shape index (κ1) is 13.6. The predicted molar refractivity (Wildman–Crippen MR) is 74.3 cm³/mol. The standard InChI is InChI=1S/C14H21NO2S/c1-5-12-11(4)18-8-13(12)14(16)15-6-9(2)17-10(3)7-15/h8-10H,5-7H2,1-4H3/t9-,10-/m0/s1. The summed E-state index contributed by atoms with van der Waals surface area (Å²) in [5, 5.41) is 2.00. The summed E-state index contributed by atoms with van der Waals surface area (Å²) in [6.07, 6.45) is 1.18. The van der Waals surface area contributed by atoms with Gasteiger partial charge in [0.25, 0.3) is 5.91 Å². The number of carbonyl (C=O) groups excluding carboxylic acids is 1. The molecule has 0 bridgehead atoms. The molecule has 2 heterocycles. The molecule has 0 aliphatic carbocycles. The lowest BCUT2D eigenvalue weighted by Crippen LogP contribution is -2.48. The fourth-order valence-electron chi connectivity index (χ4n) is 2.61. The van der Waals surface area contributed by atoms with Crippen LogP contribution in [0.5, 0.6) is 0 Å². The van der Waals surface area contributed by atoms with Gasteiger partial charge in [0.1, 0.15) is 0 Å². The van der Waals surface area contributed by atoms with Crippen LogP contribution in [-0.2, 0) is 11.2 Å². The van der Waals surface area contributed by atoms with E-state index in [1.54, 1.807) is 11.3 Å². The van der Waals surface area contributed by atoms with Crippen molar-refractivity contribution in [3.05, 3.63) is 21.4 Å². The lowest BCUT2D eigenvalue weighted by atomic mass is 10.1. The fraction of sp³-hybridized carbons (Fsp3) is 0.643. The van der Waals surface area contributed by atoms with Crippen LogP contribution < -0.4 is 0 Å². The van der Waals surface area contributed by atoms with Crippen LogP contribution in [0.3, 0.4) is 0 Å². The van der Waals surface area contributed by atoms with Gasteiger partial charge in [0.2, 0.25) is 0 Å². The van der Waals surface area contributed by atoms with Crippen LogP contribution in [0.4, 0.5) is 0 Å². The largest absolute Gasteiger partial charge is 0.372 e. The van der Waals surface area contributed by atoms with Crippen molar-refractivity contribution in [2.75, 3.05) is 13.1 Å². The van der Waals surface area contributed by atoms with Gasteiger partial charge in [-0.1, -0.05) is 6.92 Å². The van der Waals surface area contributed by atoms with Crippen LogP contribution in [0.15, 0.2) is 5.38 Å². The van der Waals surface area contributed by atoms with Gasteiger partial charge < -0.3 is 9.64 Å². The fourth-order valence-corrected chi connectivity index (χ4v) is 3.55. The van der Waals surface area contributed by atoms with Gasteiger partial charge in [-0.25, -0.2) is 0 Å². The Morgan fingerprint density at radius 2 is 2.06 bits per heavy atom. The molecule has 2 rings (SSSR count). The van der Waals surface area contributed by atoms with Crippen LogP contribution in [-0.4, -0.2) is 36.1 Å². The van der Waals surface area contributed by atoms with Crippen LogP contribution in [0.1, 0.15) is 41.6 Å². The lowest BCUT2D eigenvalue weighted by molar-refractivity contribution is -0.0586. The van der Waals surface area contributed by atoms with Gasteiger partial charge in [-0.15, -0.1) is 11.3 Å². The third kappa shape index (κ3) is 2.59. The van der Waals surface area contributed by atoms with Crippen molar-refractivity contribution in [1.82, 2.24) is 4.90 Å². The molecule has 1 aliphatic rings. The Morgan fingerprint density at radius 1 is 1.44 bits per heavy atom. The number of hydrogen-bond donors (Lipinski definition) is 0. The minimum Gasteiger partial charge on any atom is -0.372 e. The van der Waals surface area contributed by atoms with E-state index in [9.17, 15) is 4.79 Å². The maximum Gasteiger partial charge on any atom is 0.255 e. The second kappa shape index (κ2) is 5.41. The zero-order valence-electron chi connectivity index (χ0n) is 11.5. The molecular formula is C14H21NO2S. The zero-order valence-corrected chi connectivity index (χ0v) is 12.3. The molecule has 0 radical (unpaired) electrons. The second-order valence-corrected chi connectivity index (χ2v) is 6.09. The van der Waals surface area contributed by atoms with Gasteiger partial charge in [-0.05, 0) is 32.8 Å². The number of thiophene rings is 1. The Labute approximate surface area is 113 Å². The van der Waals surface area contributed by atoms with Crippen molar-refractivity contribution in [3.63, 3.8) is 0 Å². The molecule has 1 aromatic heterocycles. The van der Waals surface area contributed by atoms with E-state index in [1.807, 2.05) is 24.1 Å². The topological polar surface area (TPSA) is 29.5 Å². The molecule has 1 saturated heterocycles. The molecule has 100 valence electrons. The summed E-state index contributed by atoms with van der Waals surface area (Å²) < 4.78 is 5.67. The smallest absolute Gasteiger partial charge is 0.255 e. The SMILES string of the molecule is CCc1c(C(=O)N2C[C@H](C)O[C@@H](C)C2)csc1C. The molecule has 0 saturated carbocycles. The van der Waals surface area contributed by atoms with E-state index in [1.165, 1.54) is 10.4 Å². The number of carbonyl (C=O) groups is 1. The number of morpholine rings is 1. The first-order valence-corrected chi connectivity index (χ1v) is 7.42. The Balaban J connectivity index is 2.20. The molecule has 18 heavy (non-hydrogen) atoms. The summed E-state index contributed by atoms with van der Waals surface area (Å²) in [5.41, 5.74) is 2.10. The molecule has 1 aromatic rings. The number of hydrogen-bond acceptors (Lipinski definition) is 3. The normalized spacial score (nSPS) is 24.3. The summed E-state index contributed by atoms with van der Waals surface area (Å²) in [6, 6.07) is 0. The van der Waals surface area contributed by atoms with Crippen molar-refractivity contribution in [2.24, 2.45) is 0 Å². The summed E-state index contributed by atoms with van der Waals surface area (Å²) in [7, 11) is 0. The minimum atomic E-state index is 0.127. The molecular weight excluding hydrogens is 246 g/mol. The van der Waals surface area contributed by atoms with Crippen molar-refractivity contribution in [1.29, 1.82) is 0 Å². The second-order valence-electron chi connectivity index (χ2n) is 5.01. The van der Waals surface area contributed by atoms with E-state index < -0.39 is 0 Å². The van der Waals surface area contributed by atoms with E-state index in [-0.39, 0.29) is 18.1 Å². The van der Waals surface area contributed by atoms with Gasteiger partial charge >= 0.3 is 0 Å². The molecule has 3 nitrogen and oxygen atoms in total. The predicted octanol–water partition coefficient (Wildman–Crippen LogP) is 2.87. The Bertz CT molecular complexity index is 431. The van der Waals surface area contributed by atoms with Gasteiger partial charge in [0.05, 0.1) is 17.8 Å². The molecule has 1 aliphatic heterocycles. The lowest BCUT2D eigenvalue weighted by Gasteiger charge is -2.35. The maximum absolute atomic E-state index is 12.6. The van der Waals surface area contributed by atoms with Gasteiger partial charge in [0, 0.05) is 23.3 Å². The Morgan fingerprint density at radius 3 is 2.61 bits per heavy atom. The van der Waals surface area contributed by atoms with E-state index in [0.717, 1.165) is 12.0 Å². The van der Waals surface area contributed by atoms with Crippen molar-refractivity contribution >= 4 is 17.2 Å². The van der Waals surface area contributed by atoms with Gasteiger partial charge in [-0.3, -0.25) is 4.79 Å². The van der Waals surface area contributed by atoms with Crippen molar-refractivity contribution in [3.8, 4) is 0 Å². The highest BCUT2D eigenvalue weighted by Crippen LogP contribution is 2.25. The van der Waals surface area contributed by atoms with Crippen LogP contribution in [0.25, 0.3) is 0 Å². The Hall–Kier alpha value is -0.870. The molecule has 4 heteroatoms. The minimum absolute atomic E-state index is 0.127. The van der Waals surface area contributed by atoms with E-state index in [0.29, 0.717) is 13.1 Å². The highest BCUT2D eigenvalue weighted by molar-refractivity contribution is 7.10. The van der Waals surface area contributed by atoms with Crippen LogP contribution in [0, 0.1) is 6.92 Å². The molecule has 1 fully saturated rings. The average molecular weight is 267 g/mol. The molecule has 0 unspecified atom stereocenters. The van der Waals surface area contributed by atoms with Gasteiger partial charge in [0.15, 0.2) is 0 Å². The highest BCUT2D eigenvalue weighted by Gasteiger charge is 2.28. The average Bonchev–Trinajstić information content (AvgIpc) is 2.68. The number of ether oxygens (including phenoxy) is 1. The third-order valence-corrected chi connectivity index (χ3v) is 4.35. The summed E-state index contributed by atoms with van der Waals surface area (Å²) in [4.78, 5) is 15.8. The first-order valence-electron chi connectivity index (χ1n) is 6.54. The molecule has 0 aromatic carbocycles. The van der Waals surface area contributed by atoms with E-state index in [2.05, 4.69) is 13.8 Å². The quantitative estimate of drug-likeness (QED) is 0.824. The molecule has 0 spiro atoms. The van der Waals surface area contributed by atoms with Crippen molar-refractivity contribution < 1.29 is 9.53 Å². The Kier molecular flexibility index (Phi) is 4.07. The zero-order chi connectivity index (χ0) is 13.3. The van der Waals surface area contributed by atoms with E-state index >= 15 is 0 Å². The summed E-state index contributed by atoms with van der Waals surface area (Å²) in [6.45, 7) is 9.63.